The maximum Gasteiger partial charge on any atom is 0.230 e. The van der Waals surface area contributed by atoms with Crippen molar-refractivity contribution in [1.82, 2.24) is 0 Å². The van der Waals surface area contributed by atoms with Gasteiger partial charge in [-0.05, 0) is 74.6 Å². The fraction of sp³-hybridized carbons (Fsp3) is 0.417. The second-order valence-corrected chi connectivity index (χ2v) is 10.8. The second kappa shape index (κ2) is 8.11. The van der Waals surface area contributed by atoms with E-state index in [1.807, 2.05) is 43.0 Å². The molecule has 0 spiro atoms. The Morgan fingerprint density at radius 3 is 2.55 bits per heavy atom. The molecule has 1 aliphatic heterocycles. The monoisotopic (exact) mass is 440 g/mol. The smallest absolute Gasteiger partial charge is 0.230 e. The van der Waals surface area contributed by atoms with Gasteiger partial charge in [-0.25, -0.2) is 8.42 Å². The van der Waals surface area contributed by atoms with E-state index in [0.29, 0.717) is 6.42 Å². The average Bonchev–Trinajstić information content (AvgIpc) is 3.53. The summed E-state index contributed by atoms with van der Waals surface area (Å²) in [5, 5.41) is 0. The lowest BCUT2D eigenvalue weighted by Gasteiger charge is -2.22. The van der Waals surface area contributed by atoms with Gasteiger partial charge < -0.3 is 9.80 Å². The molecule has 4 rings (SSSR count). The molecule has 1 saturated carbocycles. The summed E-state index contributed by atoms with van der Waals surface area (Å²) < 4.78 is 25.8. The molecule has 1 heterocycles. The second-order valence-electron chi connectivity index (χ2n) is 8.69. The number of benzene rings is 2. The van der Waals surface area contributed by atoms with Gasteiger partial charge in [0, 0.05) is 36.8 Å². The summed E-state index contributed by atoms with van der Waals surface area (Å²) >= 11 is 0. The van der Waals surface area contributed by atoms with Gasteiger partial charge in [0.25, 0.3) is 0 Å². The molecule has 1 aliphatic carbocycles. The van der Waals surface area contributed by atoms with Crippen LogP contribution in [0.25, 0.3) is 0 Å². The predicted molar refractivity (Wildman–Crippen MR) is 121 cm³/mol. The lowest BCUT2D eigenvalue weighted by atomic mass is 10.1. The molecule has 1 fully saturated rings. The van der Waals surface area contributed by atoms with Crippen LogP contribution in [0.2, 0.25) is 0 Å². The van der Waals surface area contributed by atoms with E-state index in [1.165, 1.54) is 4.90 Å². The number of hydrogen-bond acceptors (Lipinski definition) is 4. The van der Waals surface area contributed by atoms with Crippen LogP contribution in [0.3, 0.4) is 0 Å². The molecule has 164 valence electrons. The Bertz CT molecular complexity index is 1140. The average molecular weight is 441 g/mol. The lowest BCUT2D eigenvalue weighted by molar-refractivity contribution is -0.120. The molecule has 0 N–H and O–H groups in total. The number of fused-ring (bicyclic) bond motifs is 1. The van der Waals surface area contributed by atoms with Crippen LogP contribution in [0.15, 0.2) is 47.4 Å². The number of sulfone groups is 1. The largest absolute Gasteiger partial charge is 0.315 e. The third-order valence-corrected chi connectivity index (χ3v) is 7.85. The van der Waals surface area contributed by atoms with Crippen LogP contribution in [-0.2, 0) is 25.8 Å². The zero-order chi connectivity index (χ0) is 22.3. The van der Waals surface area contributed by atoms with E-state index in [0.717, 1.165) is 35.3 Å². The molecule has 7 heteroatoms. The van der Waals surface area contributed by atoms with E-state index in [4.69, 9.17) is 0 Å². The normalized spacial score (nSPS) is 18.0. The van der Waals surface area contributed by atoms with E-state index in [9.17, 15) is 18.0 Å². The first-order valence-electron chi connectivity index (χ1n) is 10.7. The minimum Gasteiger partial charge on any atom is -0.315 e. The molecule has 0 radical (unpaired) electrons. The van der Waals surface area contributed by atoms with E-state index < -0.39 is 9.84 Å². The summed E-state index contributed by atoms with van der Waals surface area (Å²) in [6.07, 6.45) is 2.43. The van der Waals surface area contributed by atoms with E-state index in [-0.39, 0.29) is 40.8 Å². The number of anilines is 2. The van der Waals surface area contributed by atoms with Gasteiger partial charge in [-0.3, -0.25) is 9.59 Å². The summed E-state index contributed by atoms with van der Waals surface area (Å²) in [4.78, 5) is 28.7. The molecular weight excluding hydrogens is 412 g/mol. The highest BCUT2D eigenvalue weighted by atomic mass is 32.2. The first kappa shape index (κ1) is 21.6. The Morgan fingerprint density at radius 2 is 1.87 bits per heavy atom. The van der Waals surface area contributed by atoms with Crippen molar-refractivity contribution in [2.45, 2.75) is 50.5 Å². The maximum atomic E-state index is 12.9. The van der Waals surface area contributed by atoms with Crippen LogP contribution >= 0.6 is 0 Å². The molecule has 2 aromatic carbocycles. The van der Waals surface area contributed by atoms with Crippen LogP contribution in [0.1, 0.15) is 37.3 Å². The van der Waals surface area contributed by atoms with E-state index in [1.54, 1.807) is 25.2 Å². The third kappa shape index (κ3) is 4.37. The fourth-order valence-electron chi connectivity index (χ4n) is 4.15. The molecule has 6 nitrogen and oxygen atoms in total. The lowest BCUT2D eigenvalue weighted by Crippen LogP contribution is -2.36. The van der Waals surface area contributed by atoms with Gasteiger partial charge in [-0.2, -0.15) is 0 Å². The number of aryl methyl sites for hydroxylation is 1. The molecule has 1 atom stereocenters. The van der Waals surface area contributed by atoms with Gasteiger partial charge in [-0.15, -0.1) is 0 Å². The summed E-state index contributed by atoms with van der Waals surface area (Å²) in [7, 11) is -1.95. The Kier molecular flexibility index (Phi) is 5.64. The molecule has 31 heavy (non-hydrogen) atoms. The minimum absolute atomic E-state index is 0.0330. The fourth-order valence-corrected chi connectivity index (χ4v) is 5.43. The Hall–Kier alpha value is -2.67. The van der Waals surface area contributed by atoms with Crippen molar-refractivity contribution in [1.29, 1.82) is 0 Å². The van der Waals surface area contributed by atoms with Gasteiger partial charge in [-0.1, -0.05) is 12.1 Å². The van der Waals surface area contributed by atoms with Crippen molar-refractivity contribution in [3.63, 3.8) is 0 Å². The molecular formula is C24H28N2O4S. The highest BCUT2D eigenvalue weighted by molar-refractivity contribution is 7.91. The summed E-state index contributed by atoms with van der Waals surface area (Å²) in [6.45, 7) is 3.94. The molecule has 0 saturated heterocycles. The quantitative estimate of drug-likeness (QED) is 0.689. The SMILES string of the molecule is Cc1cccc(N(C)C(=O)CCS(=O)(=O)c2ccc3c(c2)C[C@H](C)N3C(=O)C2CC2)c1. The van der Waals surface area contributed by atoms with Gasteiger partial charge in [0.2, 0.25) is 11.8 Å². The van der Waals surface area contributed by atoms with Crippen molar-refractivity contribution in [2.24, 2.45) is 5.92 Å². The number of carbonyl (C=O) groups is 2. The molecule has 0 bridgehead atoms. The Balaban J connectivity index is 1.46. The van der Waals surface area contributed by atoms with Crippen LogP contribution < -0.4 is 9.80 Å². The Morgan fingerprint density at radius 1 is 1.13 bits per heavy atom. The molecule has 0 aromatic heterocycles. The summed E-state index contributed by atoms with van der Waals surface area (Å²) in [5.74, 6) is -0.230. The summed E-state index contributed by atoms with van der Waals surface area (Å²) in [6, 6.07) is 12.6. The van der Waals surface area contributed by atoms with Crippen molar-refractivity contribution in [3.8, 4) is 0 Å². The number of hydrogen-bond donors (Lipinski definition) is 0. The first-order chi connectivity index (χ1) is 14.7. The standard InChI is InChI=1S/C24H28N2O4S/c1-16-5-4-6-20(13-16)25(3)23(27)11-12-31(29,30)21-9-10-22-19(15-21)14-17(2)26(22)24(28)18-7-8-18/h4-6,9-10,13,15,17-18H,7-8,11-12,14H2,1-3H3/t17-/m0/s1. The number of nitrogens with zero attached hydrogens (tertiary/aromatic N) is 2. The Labute approximate surface area is 183 Å². The zero-order valence-electron chi connectivity index (χ0n) is 18.2. The van der Waals surface area contributed by atoms with Crippen molar-refractivity contribution in [2.75, 3.05) is 22.6 Å². The molecule has 0 unspecified atom stereocenters. The van der Waals surface area contributed by atoms with E-state index in [2.05, 4.69) is 0 Å². The molecule has 2 aromatic rings. The van der Waals surface area contributed by atoms with Gasteiger partial charge in [0.05, 0.1) is 10.6 Å². The highest BCUT2D eigenvalue weighted by Gasteiger charge is 2.39. The maximum absolute atomic E-state index is 12.9. The van der Waals surface area contributed by atoms with Crippen molar-refractivity contribution < 1.29 is 18.0 Å². The highest BCUT2D eigenvalue weighted by Crippen LogP contribution is 2.39. The van der Waals surface area contributed by atoms with Crippen LogP contribution in [0.5, 0.6) is 0 Å². The zero-order valence-corrected chi connectivity index (χ0v) is 19.0. The van der Waals surface area contributed by atoms with Crippen LogP contribution in [0.4, 0.5) is 11.4 Å². The number of amides is 2. The minimum atomic E-state index is -3.61. The summed E-state index contributed by atoms with van der Waals surface area (Å²) in [5.41, 5.74) is 3.48. The van der Waals surface area contributed by atoms with Crippen molar-refractivity contribution in [3.05, 3.63) is 53.6 Å². The van der Waals surface area contributed by atoms with Crippen molar-refractivity contribution >= 4 is 33.0 Å². The van der Waals surface area contributed by atoms with Crippen LogP contribution in [0, 0.1) is 12.8 Å². The third-order valence-electron chi connectivity index (χ3n) is 6.14. The van der Waals surface area contributed by atoms with Crippen LogP contribution in [-0.4, -0.2) is 39.1 Å². The van der Waals surface area contributed by atoms with Gasteiger partial charge in [0.1, 0.15) is 0 Å². The molecule has 2 aliphatic rings. The topological polar surface area (TPSA) is 74.8 Å². The predicted octanol–water partition coefficient (Wildman–Crippen LogP) is 3.51. The van der Waals surface area contributed by atoms with Gasteiger partial charge in [0.15, 0.2) is 9.84 Å². The first-order valence-corrected chi connectivity index (χ1v) is 12.3. The van der Waals surface area contributed by atoms with Gasteiger partial charge >= 0.3 is 0 Å². The molecule has 2 amide bonds. The number of carbonyl (C=O) groups excluding carboxylic acids is 2. The number of rotatable bonds is 6. The van der Waals surface area contributed by atoms with E-state index >= 15 is 0 Å².